The molecule has 9 aliphatic rings. The lowest BCUT2D eigenvalue weighted by molar-refractivity contribution is -0.420. The maximum atomic E-state index is 15.5. The van der Waals surface area contributed by atoms with Crippen molar-refractivity contribution in [3.05, 3.63) is 59.2 Å². The first-order valence-corrected chi connectivity index (χ1v) is 31.2. The van der Waals surface area contributed by atoms with Gasteiger partial charge in [0.05, 0.1) is 65.7 Å². The molecule has 0 aromatic carbocycles. The number of aliphatic hydroxyl groups excluding tert-OH is 6. The fourth-order valence-corrected chi connectivity index (χ4v) is 19.7. The van der Waals surface area contributed by atoms with Crippen LogP contribution in [0.2, 0.25) is 0 Å². The molecular weight excluding hydrogens is 1100 g/mol. The summed E-state index contributed by atoms with van der Waals surface area (Å²) >= 11 is 0. The Balaban J connectivity index is 1.32. The number of hydrogen-bond acceptors (Lipinski definition) is 25. The summed E-state index contributed by atoms with van der Waals surface area (Å²) in [6.07, 6.45) is 2.99. The van der Waals surface area contributed by atoms with Gasteiger partial charge in [0.15, 0.2) is 24.3 Å². The molecule has 0 aromatic rings. The second kappa shape index (κ2) is 25.5. The number of aliphatic hydroxyl groups is 8. The van der Waals surface area contributed by atoms with E-state index in [1.807, 2.05) is 17.1 Å². The van der Waals surface area contributed by atoms with Crippen LogP contribution in [-0.2, 0) is 33.3 Å². The van der Waals surface area contributed by atoms with Crippen molar-refractivity contribution < 1.29 is 79.2 Å². The van der Waals surface area contributed by atoms with Gasteiger partial charge in [-0.3, -0.25) is 10.3 Å². The number of allylic oxidation sites excluding steroid dienone is 1. The largest absolute Gasteiger partial charge is 0.478 e. The van der Waals surface area contributed by atoms with Crippen molar-refractivity contribution >= 4 is 67.0 Å². The molecule has 2 spiro atoms. The van der Waals surface area contributed by atoms with Crippen LogP contribution in [0.25, 0.3) is 0 Å². The Morgan fingerprint density at radius 2 is 1.92 bits per heavy atom. The number of nitrogens with zero attached hydrogens (tertiary/aromatic N) is 3. The minimum absolute atomic E-state index is 0.0150. The molecule has 2 aliphatic carbocycles. The Morgan fingerprint density at radius 1 is 1.10 bits per heavy atom. The van der Waals surface area contributed by atoms with E-state index >= 15 is 4.79 Å². The number of aliphatic carboxylic acids is 1. The van der Waals surface area contributed by atoms with Crippen molar-refractivity contribution in [2.45, 2.75) is 128 Å². The molecule has 16 N–H and O–H groups in total. The Bertz CT molecular complexity index is 2400. The lowest BCUT2D eigenvalue weighted by Gasteiger charge is -2.53. The number of aliphatic imine (C=N–C) groups is 2. The van der Waals surface area contributed by atoms with E-state index in [2.05, 4.69) is 20.9 Å². The van der Waals surface area contributed by atoms with E-state index in [1.165, 1.54) is 19.5 Å². The third kappa shape index (κ3) is 12.0. The average molecular weight is 1170 g/mol. The molecule has 78 heavy (non-hydrogen) atoms. The Labute approximate surface area is 467 Å². The number of carboxylic acids is 1. The number of fused-ring (bicyclic) bond motifs is 9. The van der Waals surface area contributed by atoms with Gasteiger partial charge < -0.3 is 96.6 Å². The molecule has 24 nitrogen and oxygen atoms in total. The standard InChI is InChI=1S/C50H74N8O16S4/c1-53-37(22-63)73-41-44(72-35(21-62)40(64)50(41,68)69)74-45-49-9-2-13-75-77-36(14-28-16-48(57-47(52)55-28)10-8-27(49)15-48)39-33(20-61)58-17-25(38(29(18-58)42(65)66)56-46(51)54-11-3-12-59)4-6-32(49)30(23-70-45)43(67)71-34-7-5-26(19-60)31(34)24-76-78-39/h2,4,6,9,18,23,26-28,31-37,39-41,44-45,53,59-64,68-69H,3,5,7-8,10-17,19-22,24H2,1H3,(H,65,66)(H3,51,54,56)(H3,52,55,57). The van der Waals surface area contributed by atoms with Crippen LogP contribution in [0.1, 0.15) is 51.4 Å². The predicted molar refractivity (Wildman–Crippen MR) is 292 cm³/mol. The van der Waals surface area contributed by atoms with Gasteiger partial charge in [-0.25, -0.2) is 14.6 Å². The highest BCUT2D eigenvalue weighted by molar-refractivity contribution is 8.78. The van der Waals surface area contributed by atoms with E-state index in [1.54, 1.807) is 55.3 Å². The first-order valence-electron chi connectivity index (χ1n) is 26.5. The zero-order valence-electron chi connectivity index (χ0n) is 43.2. The molecule has 2 saturated carbocycles. The summed E-state index contributed by atoms with van der Waals surface area (Å²) in [5, 5.41) is 107. The van der Waals surface area contributed by atoms with Crippen LogP contribution in [0.15, 0.2) is 69.2 Å². The number of hydrogen-bond donors (Lipinski definition) is 14. The summed E-state index contributed by atoms with van der Waals surface area (Å²) in [7, 11) is 7.76. The molecule has 3 fully saturated rings. The minimum Gasteiger partial charge on any atom is -0.478 e. The lowest BCUT2D eigenvalue weighted by atomic mass is 9.60. The van der Waals surface area contributed by atoms with E-state index in [-0.39, 0.29) is 91.2 Å². The lowest BCUT2D eigenvalue weighted by Crippen LogP contribution is -2.70. The van der Waals surface area contributed by atoms with Gasteiger partial charge in [0, 0.05) is 66.6 Å². The summed E-state index contributed by atoms with van der Waals surface area (Å²) in [6, 6.07) is -1.02. The van der Waals surface area contributed by atoms with Crippen LogP contribution < -0.4 is 27.4 Å². The number of esters is 1. The van der Waals surface area contributed by atoms with Crippen molar-refractivity contribution in [3.8, 4) is 0 Å². The highest BCUT2D eigenvalue weighted by atomic mass is 33.1. The van der Waals surface area contributed by atoms with Gasteiger partial charge in [0.1, 0.15) is 24.5 Å². The van der Waals surface area contributed by atoms with Gasteiger partial charge in [-0.2, -0.15) is 0 Å². The number of guanidine groups is 2. The van der Waals surface area contributed by atoms with Crippen LogP contribution in [-0.4, -0.2) is 217 Å². The Kier molecular flexibility index (Phi) is 19.4. The molecule has 1 saturated heterocycles. The van der Waals surface area contributed by atoms with Crippen molar-refractivity contribution in [3.63, 3.8) is 0 Å². The monoisotopic (exact) mass is 1170 g/mol. The third-order valence-electron chi connectivity index (χ3n) is 16.8. The van der Waals surface area contributed by atoms with Gasteiger partial charge in [-0.15, -0.1) is 0 Å². The molecule has 434 valence electrons. The summed E-state index contributed by atoms with van der Waals surface area (Å²) in [5.74, 6) is -6.32. The summed E-state index contributed by atoms with van der Waals surface area (Å²) in [5.41, 5.74) is 11.4. The predicted octanol–water partition coefficient (Wildman–Crippen LogP) is -1.10. The molecule has 7 aliphatic heterocycles. The maximum absolute atomic E-state index is 15.5. The highest BCUT2D eigenvalue weighted by Crippen LogP contribution is 2.59. The molecule has 17 unspecified atom stereocenters. The van der Waals surface area contributed by atoms with Crippen LogP contribution in [0.3, 0.4) is 0 Å². The SMILES string of the molecule is CNC(CO)OC1C(OC2OC=C3C(=O)OC4CCC(CO)C4CSSC4C5CC6CC7(CCC(C7)C2(C=CCSS5)C3C=CC2=C(NC(N)=NCCCO)C(C(=O)O)=CN(C2)C4CO)NC(N)=N6)OC(CO)C(O)C1(O)O. The summed E-state index contributed by atoms with van der Waals surface area (Å²) < 4.78 is 32.6. The molecule has 17 atom stereocenters. The van der Waals surface area contributed by atoms with Crippen LogP contribution in [0, 0.1) is 29.1 Å². The number of nitrogens with one attached hydrogen (secondary N) is 3. The molecular formula is C50H74N8O16S4. The van der Waals surface area contributed by atoms with Crippen molar-refractivity contribution in [2.24, 2.45) is 50.5 Å². The van der Waals surface area contributed by atoms with Crippen molar-refractivity contribution in [1.82, 2.24) is 20.9 Å². The van der Waals surface area contributed by atoms with Crippen LogP contribution in [0.5, 0.6) is 0 Å². The van der Waals surface area contributed by atoms with Gasteiger partial charge in [-0.1, -0.05) is 67.5 Å². The number of carboxylic acid groups (broad SMARTS) is 1. The fourth-order valence-electron chi connectivity index (χ4n) is 12.9. The first kappa shape index (κ1) is 59.3. The third-order valence-corrected chi connectivity index (χ3v) is 22.7. The molecule has 28 heteroatoms. The fraction of sp³-hybridized carbons (Fsp3) is 0.720. The molecule has 0 aromatic heterocycles. The Hall–Kier alpha value is -3.30. The summed E-state index contributed by atoms with van der Waals surface area (Å²) in [6.45, 7) is -2.08. The molecule has 7 heterocycles. The Morgan fingerprint density at radius 3 is 2.65 bits per heavy atom. The average Bonchev–Trinajstić information content (AvgIpc) is 4.19. The van der Waals surface area contributed by atoms with E-state index in [9.17, 15) is 50.8 Å². The highest BCUT2D eigenvalue weighted by Gasteiger charge is 2.63. The number of nitrogens with two attached hydrogens (primary N) is 2. The van der Waals surface area contributed by atoms with Gasteiger partial charge in [0.2, 0.25) is 12.1 Å². The van der Waals surface area contributed by atoms with E-state index < -0.39 is 108 Å². The topological polar surface area (TPSA) is 378 Å². The van der Waals surface area contributed by atoms with E-state index in [0.29, 0.717) is 62.0 Å². The smallest absolute Gasteiger partial charge is 0.339 e. The zero-order chi connectivity index (χ0) is 55.5. The zero-order valence-corrected chi connectivity index (χ0v) is 46.4. The summed E-state index contributed by atoms with van der Waals surface area (Å²) in [4.78, 5) is 40.3. The number of carbonyl (C=O) groups is 2. The van der Waals surface area contributed by atoms with Gasteiger partial charge >= 0.3 is 11.9 Å². The second-order valence-corrected chi connectivity index (χ2v) is 26.6. The van der Waals surface area contributed by atoms with Crippen LogP contribution >= 0.6 is 43.2 Å². The molecule has 9 rings (SSSR count). The number of likely N-dealkylation sites (N-methyl/N-ethyl adjacent to an activating group) is 1. The normalized spacial score (nSPS) is 39.1. The number of carbonyl (C=O) groups excluding carboxylic acids is 1. The van der Waals surface area contributed by atoms with E-state index in [4.69, 9.17) is 40.1 Å². The van der Waals surface area contributed by atoms with Crippen molar-refractivity contribution in [1.29, 1.82) is 0 Å². The quantitative estimate of drug-likeness (QED) is 0.0187. The van der Waals surface area contributed by atoms with Crippen molar-refractivity contribution in [2.75, 3.05) is 64.7 Å². The maximum Gasteiger partial charge on any atom is 0.339 e. The molecule has 0 amide bonds. The molecule has 0 radical (unpaired) electrons. The van der Waals surface area contributed by atoms with Crippen LogP contribution in [0.4, 0.5) is 0 Å². The second-order valence-electron chi connectivity index (χ2n) is 21.4. The molecule has 9 bridgehead atoms. The first-order chi connectivity index (χ1) is 37.5. The number of ether oxygens (including phenoxy) is 5. The van der Waals surface area contributed by atoms with E-state index in [0.717, 1.165) is 0 Å². The minimum atomic E-state index is -3.16. The van der Waals surface area contributed by atoms with Gasteiger partial charge in [-0.05, 0) is 75.8 Å². The number of rotatable bonds is 14. The van der Waals surface area contributed by atoms with Gasteiger partial charge in [0.25, 0.3) is 0 Å².